The first-order chi connectivity index (χ1) is 15.4. The van der Waals surface area contributed by atoms with E-state index in [2.05, 4.69) is 44.2 Å². The van der Waals surface area contributed by atoms with Crippen LogP contribution in [0.4, 0.5) is 28.1 Å². The summed E-state index contributed by atoms with van der Waals surface area (Å²) in [4.78, 5) is 29.6. The molecule has 0 saturated carbocycles. The second kappa shape index (κ2) is 9.44. The summed E-state index contributed by atoms with van der Waals surface area (Å²) in [5, 5.41) is 6.90. The van der Waals surface area contributed by atoms with Crippen LogP contribution in [-0.2, 0) is 4.74 Å². The molecule has 0 unspecified atom stereocenters. The van der Waals surface area contributed by atoms with Crippen LogP contribution in [0.3, 0.4) is 0 Å². The lowest BCUT2D eigenvalue weighted by Gasteiger charge is -2.28. The molecule has 0 spiro atoms. The molecule has 4 rings (SSSR count). The highest BCUT2D eigenvalue weighted by Gasteiger charge is 2.18. The average molecular weight is 438 g/mol. The van der Waals surface area contributed by atoms with Gasteiger partial charge in [0, 0.05) is 55.0 Å². The van der Waals surface area contributed by atoms with E-state index in [1.54, 1.807) is 0 Å². The first-order valence-corrected chi connectivity index (χ1v) is 11.0. The van der Waals surface area contributed by atoms with E-state index in [-0.39, 0.29) is 6.03 Å². The Kier molecular flexibility index (Phi) is 6.45. The smallest absolute Gasteiger partial charge is 0.324 e. The molecular formula is C23H31N7O2. The van der Waals surface area contributed by atoms with Gasteiger partial charge in [0.2, 0.25) is 5.95 Å². The number of aryl methyl sites for hydroxylation is 2. The summed E-state index contributed by atoms with van der Waals surface area (Å²) in [5.41, 5.74) is 4.09. The number of benzene rings is 1. The largest absolute Gasteiger partial charge is 0.378 e. The van der Waals surface area contributed by atoms with Gasteiger partial charge in [0.1, 0.15) is 11.6 Å². The Morgan fingerprint density at radius 1 is 1.19 bits per heavy atom. The molecule has 170 valence electrons. The van der Waals surface area contributed by atoms with Gasteiger partial charge in [0.15, 0.2) is 0 Å². The molecule has 1 aromatic carbocycles. The van der Waals surface area contributed by atoms with Crippen LogP contribution in [-0.4, -0.2) is 60.9 Å². The minimum Gasteiger partial charge on any atom is -0.378 e. The standard InChI is InChI=1S/C23H31N7O2/c1-5-8-29(4)21-14-20(26-22(28-21)30-9-11-32-12-10-30)27-23(31)25-17-6-7-19-18(13-17)15(2)16(3)24-19/h6-7,13-14,24H,5,8-12H2,1-4H3,(H2,25,26,27,28,31). The lowest BCUT2D eigenvalue weighted by Crippen LogP contribution is -2.38. The normalized spacial score (nSPS) is 13.9. The number of ether oxygens (including phenoxy) is 1. The van der Waals surface area contributed by atoms with Crippen LogP contribution in [0.15, 0.2) is 24.3 Å². The first-order valence-electron chi connectivity index (χ1n) is 11.0. The molecule has 9 nitrogen and oxygen atoms in total. The third-order valence-electron chi connectivity index (χ3n) is 5.75. The van der Waals surface area contributed by atoms with Crippen molar-refractivity contribution in [2.75, 3.05) is 60.3 Å². The maximum atomic E-state index is 12.8. The Hall–Kier alpha value is -3.33. The summed E-state index contributed by atoms with van der Waals surface area (Å²) in [5.74, 6) is 1.84. The quantitative estimate of drug-likeness (QED) is 0.541. The molecule has 1 aliphatic heterocycles. The molecular weight excluding hydrogens is 406 g/mol. The van der Waals surface area contributed by atoms with Crippen molar-refractivity contribution in [3.8, 4) is 0 Å². The van der Waals surface area contributed by atoms with E-state index in [0.717, 1.165) is 54.2 Å². The number of morpholine rings is 1. The number of urea groups is 1. The Morgan fingerprint density at radius 2 is 1.97 bits per heavy atom. The minimum absolute atomic E-state index is 0.343. The van der Waals surface area contributed by atoms with Crippen molar-refractivity contribution in [2.24, 2.45) is 0 Å². The van der Waals surface area contributed by atoms with Crippen molar-refractivity contribution in [1.29, 1.82) is 0 Å². The molecule has 2 amide bonds. The van der Waals surface area contributed by atoms with E-state index < -0.39 is 0 Å². The number of H-pyrrole nitrogens is 1. The van der Waals surface area contributed by atoms with Crippen molar-refractivity contribution < 1.29 is 9.53 Å². The molecule has 0 atom stereocenters. The Labute approximate surface area is 188 Å². The number of fused-ring (bicyclic) bond motifs is 1. The summed E-state index contributed by atoms with van der Waals surface area (Å²) in [6.45, 7) is 9.83. The number of amides is 2. The second-order valence-electron chi connectivity index (χ2n) is 8.15. The summed E-state index contributed by atoms with van der Waals surface area (Å²) < 4.78 is 5.45. The zero-order chi connectivity index (χ0) is 22.7. The second-order valence-corrected chi connectivity index (χ2v) is 8.15. The topological polar surface area (TPSA) is 98.4 Å². The van der Waals surface area contributed by atoms with E-state index in [0.29, 0.717) is 25.0 Å². The van der Waals surface area contributed by atoms with Crippen molar-refractivity contribution in [1.82, 2.24) is 15.0 Å². The molecule has 3 N–H and O–H groups in total. The van der Waals surface area contributed by atoms with Crippen molar-refractivity contribution in [3.05, 3.63) is 35.5 Å². The molecule has 0 radical (unpaired) electrons. The lowest BCUT2D eigenvalue weighted by molar-refractivity contribution is 0.122. The van der Waals surface area contributed by atoms with Gasteiger partial charge in [-0.1, -0.05) is 6.92 Å². The maximum Gasteiger partial charge on any atom is 0.324 e. The summed E-state index contributed by atoms with van der Waals surface area (Å²) >= 11 is 0. The molecule has 1 saturated heterocycles. The van der Waals surface area contributed by atoms with Crippen LogP contribution in [0.1, 0.15) is 24.6 Å². The number of hydrogen-bond donors (Lipinski definition) is 3. The van der Waals surface area contributed by atoms with Gasteiger partial charge in [-0.15, -0.1) is 0 Å². The number of aromatic amines is 1. The van der Waals surface area contributed by atoms with Crippen LogP contribution in [0.25, 0.3) is 10.9 Å². The van der Waals surface area contributed by atoms with E-state index in [4.69, 9.17) is 9.72 Å². The number of hydrogen-bond acceptors (Lipinski definition) is 6. The van der Waals surface area contributed by atoms with Crippen LogP contribution in [0.5, 0.6) is 0 Å². The van der Waals surface area contributed by atoms with Gasteiger partial charge in [0.05, 0.1) is 13.2 Å². The predicted molar refractivity (Wildman–Crippen MR) is 129 cm³/mol. The fourth-order valence-corrected chi connectivity index (χ4v) is 3.85. The van der Waals surface area contributed by atoms with Gasteiger partial charge in [-0.3, -0.25) is 5.32 Å². The zero-order valence-corrected chi connectivity index (χ0v) is 19.2. The Morgan fingerprint density at radius 3 is 2.72 bits per heavy atom. The van der Waals surface area contributed by atoms with Gasteiger partial charge >= 0.3 is 6.03 Å². The Bertz CT molecular complexity index is 1110. The van der Waals surface area contributed by atoms with E-state index in [1.807, 2.05) is 38.2 Å². The van der Waals surface area contributed by atoms with Gasteiger partial charge < -0.3 is 24.8 Å². The SMILES string of the molecule is CCCN(C)c1cc(NC(=O)Nc2ccc3[nH]c(C)c(C)c3c2)nc(N2CCOCC2)n1. The predicted octanol–water partition coefficient (Wildman–Crippen LogP) is 3.90. The Balaban J connectivity index is 1.54. The summed E-state index contributed by atoms with van der Waals surface area (Å²) in [6.07, 6.45) is 0.997. The minimum atomic E-state index is -0.343. The van der Waals surface area contributed by atoms with Crippen molar-refractivity contribution >= 4 is 40.2 Å². The molecule has 32 heavy (non-hydrogen) atoms. The van der Waals surface area contributed by atoms with Crippen LogP contribution in [0.2, 0.25) is 0 Å². The average Bonchev–Trinajstić information content (AvgIpc) is 3.07. The molecule has 2 aromatic heterocycles. The number of carbonyl (C=O) groups excluding carboxylic acids is 1. The third kappa shape index (κ3) is 4.77. The number of aromatic nitrogens is 3. The third-order valence-corrected chi connectivity index (χ3v) is 5.75. The van der Waals surface area contributed by atoms with E-state index in [1.165, 1.54) is 5.56 Å². The van der Waals surface area contributed by atoms with Gasteiger partial charge in [-0.2, -0.15) is 9.97 Å². The highest BCUT2D eigenvalue weighted by molar-refractivity contribution is 6.01. The van der Waals surface area contributed by atoms with Gasteiger partial charge in [-0.25, -0.2) is 4.79 Å². The van der Waals surface area contributed by atoms with Crippen LogP contribution < -0.4 is 20.4 Å². The molecule has 3 aromatic rings. The lowest BCUT2D eigenvalue weighted by atomic mass is 10.1. The zero-order valence-electron chi connectivity index (χ0n) is 19.2. The molecule has 1 aliphatic rings. The molecule has 0 bridgehead atoms. The first kappa shape index (κ1) is 21.9. The number of nitrogens with zero attached hydrogens (tertiary/aromatic N) is 4. The molecule has 3 heterocycles. The van der Waals surface area contributed by atoms with Gasteiger partial charge in [0.25, 0.3) is 0 Å². The van der Waals surface area contributed by atoms with E-state index in [9.17, 15) is 4.79 Å². The number of anilines is 4. The number of nitrogens with one attached hydrogen (secondary N) is 3. The summed E-state index contributed by atoms with van der Waals surface area (Å²) in [7, 11) is 2.00. The van der Waals surface area contributed by atoms with Crippen molar-refractivity contribution in [3.63, 3.8) is 0 Å². The van der Waals surface area contributed by atoms with Crippen LogP contribution in [0, 0.1) is 13.8 Å². The van der Waals surface area contributed by atoms with E-state index >= 15 is 0 Å². The van der Waals surface area contributed by atoms with Crippen LogP contribution >= 0.6 is 0 Å². The van der Waals surface area contributed by atoms with Crippen molar-refractivity contribution in [2.45, 2.75) is 27.2 Å². The molecule has 0 aliphatic carbocycles. The highest BCUT2D eigenvalue weighted by atomic mass is 16.5. The molecule has 1 fully saturated rings. The van der Waals surface area contributed by atoms with Gasteiger partial charge in [-0.05, 0) is 44.0 Å². The number of rotatable bonds is 6. The fourth-order valence-electron chi connectivity index (χ4n) is 3.85. The maximum absolute atomic E-state index is 12.8. The fraction of sp³-hybridized carbons (Fsp3) is 0.435. The molecule has 9 heteroatoms. The number of carbonyl (C=O) groups is 1. The highest BCUT2D eigenvalue weighted by Crippen LogP contribution is 2.25. The summed E-state index contributed by atoms with van der Waals surface area (Å²) in [6, 6.07) is 7.31. The monoisotopic (exact) mass is 437 g/mol.